The van der Waals surface area contributed by atoms with Crippen LogP contribution in [0, 0.1) is 0 Å². The molecule has 0 radical (unpaired) electrons. The maximum Gasteiger partial charge on any atom is 0.213 e. The maximum atomic E-state index is 8.77. The summed E-state index contributed by atoms with van der Waals surface area (Å²) in [5, 5.41) is 8.77. The van der Waals surface area contributed by atoms with Gasteiger partial charge in [0.25, 0.3) is 0 Å². The van der Waals surface area contributed by atoms with Gasteiger partial charge in [0.05, 0.1) is 19.8 Å². The van der Waals surface area contributed by atoms with Gasteiger partial charge in [0.1, 0.15) is 0 Å². The third-order valence-corrected chi connectivity index (χ3v) is 1.59. The molecule has 1 aromatic heterocycles. The average Bonchev–Trinajstić information content (AvgIpc) is 2.17. The zero-order chi connectivity index (χ0) is 8.97. The Hall–Kier alpha value is -1.13. The van der Waals surface area contributed by atoms with E-state index >= 15 is 0 Å². The number of aliphatic hydroxyl groups excluding tert-OH is 1. The monoisotopic (exact) mass is 168 g/mol. The lowest BCUT2D eigenvalue weighted by atomic mass is 10.1. The number of nitrogens with zero attached hydrogens (tertiary/aromatic N) is 1. The third kappa shape index (κ3) is 1.93. The van der Waals surface area contributed by atoms with Crippen LogP contribution >= 0.6 is 0 Å². The Morgan fingerprint density at radius 3 is 3.08 bits per heavy atom. The largest absolute Gasteiger partial charge is 0.481 e. The van der Waals surface area contributed by atoms with Crippen molar-refractivity contribution < 1.29 is 9.84 Å². The fraction of sp³-hybridized carbons (Fsp3) is 0.375. The fourth-order valence-corrected chi connectivity index (χ4v) is 0.872. The summed E-state index contributed by atoms with van der Waals surface area (Å²) in [6, 6.07) is 3.10. The first-order chi connectivity index (χ1) is 5.77. The van der Waals surface area contributed by atoms with Crippen molar-refractivity contribution in [3.05, 3.63) is 23.9 Å². The van der Waals surface area contributed by atoms with Crippen LogP contribution in [0.1, 0.15) is 11.6 Å². The van der Waals surface area contributed by atoms with Gasteiger partial charge in [-0.25, -0.2) is 4.98 Å². The first kappa shape index (κ1) is 8.96. The summed E-state index contributed by atoms with van der Waals surface area (Å²) in [5.74, 6) is 0.511. The highest BCUT2D eigenvalue weighted by Gasteiger charge is 2.04. The van der Waals surface area contributed by atoms with Crippen molar-refractivity contribution in [2.24, 2.45) is 5.73 Å². The second-order valence-electron chi connectivity index (χ2n) is 2.42. The van der Waals surface area contributed by atoms with Gasteiger partial charge in [0.15, 0.2) is 0 Å². The molecule has 1 aromatic rings. The topological polar surface area (TPSA) is 68.4 Å². The van der Waals surface area contributed by atoms with Gasteiger partial charge in [-0.2, -0.15) is 0 Å². The number of aliphatic hydroxyl groups is 1. The highest BCUT2D eigenvalue weighted by atomic mass is 16.5. The fourth-order valence-electron chi connectivity index (χ4n) is 0.872. The zero-order valence-corrected chi connectivity index (χ0v) is 6.90. The van der Waals surface area contributed by atoms with Crippen LogP contribution in [0.5, 0.6) is 5.88 Å². The molecule has 0 spiro atoms. The van der Waals surface area contributed by atoms with Crippen LogP contribution in [0.4, 0.5) is 0 Å². The molecule has 4 nitrogen and oxygen atoms in total. The van der Waals surface area contributed by atoms with E-state index in [1.54, 1.807) is 18.3 Å². The molecule has 3 N–H and O–H groups in total. The lowest BCUT2D eigenvalue weighted by molar-refractivity contribution is 0.267. The Labute approximate surface area is 71.0 Å². The van der Waals surface area contributed by atoms with Gasteiger partial charge >= 0.3 is 0 Å². The molecule has 1 heterocycles. The van der Waals surface area contributed by atoms with Crippen molar-refractivity contribution >= 4 is 0 Å². The summed E-state index contributed by atoms with van der Waals surface area (Å²) in [6.07, 6.45) is 1.60. The molecule has 12 heavy (non-hydrogen) atoms. The van der Waals surface area contributed by atoms with Crippen LogP contribution < -0.4 is 10.5 Å². The van der Waals surface area contributed by atoms with Gasteiger partial charge in [-0.05, 0) is 11.6 Å². The van der Waals surface area contributed by atoms with Crippen molar-refractivity contribution in [2.75, 3.05) is 13.7 Å². The van der Waals surface area contributed by atoms with E-state index in [1.807, 2.05) is 0 Å². The van der Waals surface area contributed by atoms with Gasteiger partial charge in [0, 0.05) is 12.3 Å². The molecule has 0 aliphatic heterocycles. The van der Waals surface area contributed by atoms with Crippen LogP contribution in [0.2, 0.25) is 0 Å². The Kier molecular flexibility index (Phi) is 3.01. The number of nitrogens with two attached hydrogens (primary N) is 1. The first-order valence-electron chi connectivity index (χ1n) is 3.64. The second-order valence-corrected chi connectivity index (χ2v) is 2.42. The summed E-state index contributed by atoms with van der Waals surface area (Å²) in [5.41, 5.74) is 6.41. The van der Waals surface area contributed by atoms with E-state index in [4.69, 9.17) is 15.6 Å². The number of ether oxygens (including phenoxy) is 1. The summed E-state index contributed by atoms with van der Waals surface area (Å²) < 4.78 is 4.90. The van der Waals surface area contributed by atoms with E-state index in [0.29, 0.717) is 5.88 Å². The standard InChI is InChI=1S/C8H12N2O2/c1-12-8-4-6(2-3-10-8)7(9)5-11/h2-4,7,11H,5,9H2,1H3/t7-/m1/s1. The predicted molar refractivity (Wildman–Crippen MR) is 44.8 cm³/mol. The van der Waals surface area contributed by atoms with Crippen LogP contribution in [0.3, 0.4) is 0 Å². The summed E-state index contributed by atoms with van der Waals surface area (Å²) in [4.78, 5) is 3.92. The minimum absolute atomic E-state index is 0.0762. The average molecular weight is 168 g/mol. The molecule has 0 bridgehead atoms. The number of hydrogen-bond donors (Lipinski definition) is 2. The lowest BCUT2D eigenvalue weighted by Crippen LogP contribution is -2.14. The Morgan fingerprint density at radius 1 is 1.75 bits per heavy atom. The van der Waals surface area contributed by atoms with E-state index in [0.717, 1.165) is 5.56 Å². The normalized spacial score (nSPS) is 12.6. The van der Waals surface area contributed by atoms with E-state index in [-0.39, 0.29) is 12.6 Å². The maximum absolute atomic E-state index is 8.77. The van der Waals surface area contributed by atoms with Crippen LogP contribution in [0.15, 0.2) is 18.3 Å². The Bertz CT molecular complexity index is 253. The second kappa shape index (κ2) is 4.04. The van der Waals surface area contributed by atoms with Crippen molar-refractivity contribution in [3.8, 4) is 5.88 Å². The van der Waals surface area contributed by atoms with Crippen molar-refractivity contribution in [3.63, 3.8) is 0 Å². The highest BCUT2D eigenvalue weighted by Crippen LogP contribution is 2.13. The van der Waals surface area contributed by atoms with Crippen LogP contribution in [-0.4, -0.2) is 23.8 Å². The molecule has 1 atom stereocenters. The molecular weight excluding hydrogens is 156 g/mol. The third-order valence-electron chi connectivity index (χ3n) is 1.59. The Morgan fingerprint density at radius 2 is 2.50 bits per heavy atom. The number of pyridine rings is 1. The minimum Gasteiger partial charge on any atom is -0.481 e. The van der Waals surface area contributed by atoms with E-state index in [1.165, 1.54) is 7.11 Å². The molecule has 0 unspecified atom stereocenters. The molecule has 0 aliphatic rings. The molecule has 0 saturated carbocycles. The van der Waals surface area contributed by atoms with Gasteiger partial charge in [-0.1, -0.05) is 0 Å². The number of methoxy groups -OCH3 is 1. The molecule has 0 aliphatic carbocycles. The van der Waals surface area contributed by atoms with Crippen molar-refractivity contribution in [1.29, 1.82) is 0 Å². The molecule has 0 fully saturated rings. The summed E-state index contributed by atoms with van der Waals surface area (Å²) in [6.45, 7) is -0.0762. The van der Waals surface area contributed by atoms with Crippen LogP contribution in [-0.2, 0) is 0 Å². The van der Waals surface area contributed by atoms with E-state index < -0.39 is 0 Å². The molecule has 66 valence electrons. The Balaban J connectivity index is 2.86. The first-order valence-corrected chi connectivity index (χ1v) is 3.64. The number of rotatable bonds is 3. The molecule has 0 saturated heterocycles. The molecule has 4 heteroatoms. The summed E-state index contributed by atoms with van der Waals surface area (Å²) >= 11 is 0. The van der Waals surface area contributed by atoms with Crippen molar-refractivity contribution in [2.45, 2.75) is 6.04 Å². The quantitative estimate of drug-likeness (QED) is 0.670. The van der Waals surface area contributed by atoms with Gasteiger partial charge in [-0.3, -0.25) is 0 Å². The SMILES string of the molecule is COc1cc([C@H](N)CO)ccn1. The van der Waals surface area contributed by atoms with E-state index in [9.17, 15) is 0 Å². The molecule has 0 aromatic carbocycles. The summed E-state index contributed by atoms with van der Waals surface area (Å²) in [7, 11) is 1.54. The molecule has 1 rings (SSSR count). The smallest absolute Gasteiger partial charge is 0.213 e. The van der Waals surface area contributed by atoms with Gasteiger partial charge in [0.2, 0.25) is 5.88 Å². The number of aromatic nitrogens is 1. The predicted octanol–water partition coefficient (Wildman–Crippen LogP) is 0.0823. The van der Waals surface area contributed by atoms with E-state index in [2.05, 4.69) is 4.98 Å². The molecular formula is C8H12N2O2. The zero-order valence-electron chi connectivity index (χ0n) is 6.90. The lowest BCUT2D eigenvalue weighted by Gasteiger charge is -2.08. The van der Waals surface area contributed by atoms with Gasteiger partial charge < -0.3 is 15.6 Å². The number of hydrogen-bond acceptors (Lipinski definition) is 4. The molecule has 0 amide bonds. The van der Waals surface area contributed by atoms with Gasteiger partial charge in [-0.15, -0.1) is 0 Å². The minimum atomic E-state index is -0.359. The highest BCUT2D eigenvalue weighted by molar-refractivity contribution is 5.23. The van der Waals surface area contributed by atoms with Crippen LogP contribution in [0.25, 0.3) is 0 Å². The van der Waals surface area contributed by atoms with Crippen molar-refractivity contribution in [1.82, 2.24) is 4.98 Å².